The predicted octanol–water partition coefficient (Wildman–Crippen LogP) is 1.87. The van der Waals surface area contributed by atoms with Crippen LogP contribution in [0.2, 0.25) is 0 Å². The molecule has 1 aromatic heterocycles. The van der Waals surface area contributed by atoms with E-state index in [9.17, 15) is 9.59 Å². The van der Waals surface area contributed by atoms with Crippen LogP contribution in [0.4, 0.5) is 0 Å². The third-order valence-electron chi connectivity index (χ3n) is 2.91. The van der Waals surface area contributed by atoms with E-state index in [2.05, 4.69) is 5.32 Å². The zero-order chi connectivity index (χ0) is 14.0. The number of carbonyl (C=O) groups is 2. The molecule has 2 rings (SSSR count). The molecule has 1 aromatic carbocycles. The Labute approximate surface area is 110 Å². The highest BCUT2D eigenvalue weighted by molar-refractivity contribution is 5.89. The van der Waals surface area contributed by atoms with Gasteiger partial charge in [0.25, 0.3) is 0 Å². The summed E-state index contributed by atoms with van der Waals surface area (Å²) in [5.74, 6) is -1.39. The Balaban J connectivity index is 2.15. The number of nitrogens with one attached hydrogen (secondary N) is 1. The molecule has 5 nitrogen and oxygen atoms in total. The first-order valence-corrected chi connectivity index (χ1v) is 5.96. The number of furan rings is 1. The van der Waals surface area contributed by atoms with Crippen molar-refractivity contribution >= 4 is 22.8 Å². The third kappa shape index (κ3) is 2.93. The molecule has 0 spiro atoms. The van der Waals surface area contributed by atoms with Crippen LogP contribution in [0.1, 0.15) is 18.1 Å². The predicted molar refractivity (Wildman–Crippen MR) is 69.9 cm³/mol. The zero-order valence-electron chi connectivity index (χ0n) is 10.8. The van der Waals surface area contributed by atoms with Crippen molar-refractivity contribution in [2.24, 2.45) is 0 Å². The van der Waals surface area contributed by atoms with Crippen LogP contribution in [0.3, 0.4) is 0 Å². The van der Waals surface area contributed by atoms with E-state index < -0.39 is 12.0 Å². The van der Waals surface area contributed by atoms with E-state index in [0.29, 0.717) is 0 Å². The van der Waals surface area contributed by atoms with Crippen molar-refractivity contribution in [1.82, 2.24) is 5.32 Å². The van der Waals surface area contributed by atoms with Gasteiger partial charge in [-0.05, 0) is 26.0 Å². The van der Waals surface area contributed by atoms with Gasteiger partial charge in [0, 0.05) is 10.9 Å². The molecule has 2 N–H and O–H groups in total. The smallest absolute Gasteiger partial charge is 0.325 e. The number of hydrogen-bond acceptors (Lipinski definition) is 3. The highest BCUT2D eigenvalue weighted by atomic mass is 16.4. The number of fused-ring (bicyclic) bond motifs is 1. The largest absolute Gasteiger partial charge is 0.480 e. The van der Waals surface area contributed by atoms with Crippen LogP contribution in [-0.4, -0.2) is 23.0 Å². The Morgan fingerprint density at radius 1 is 1.42 bits per heavy atom. The number of benzene rings is 1. The van der Waals surface area contributed by atoms with Crippen LogP contribution in [0.5, 0.6) is 0 Å². The van der Waals surface area contributed by atoms with E-state index >= 15 is 0 Å². The minimum atomic E-state index is -1.05. The molecule has 1 heterocycles. The van der Waals surface area contributed by atoms with E-state index in [0.717, 1.165) is 22.1 Å². The Kier molecular flexibility index (Phi) is 3.55. The molecule has 0 aliphatic rings. The summed E-state index contributed by atoms with van der Waals surface area (Å²) >= 11 is 0. The van der Waals surface area contributed by atoms with E-state index in [1.54, 1.807) is 0 Å². The summed E-state index contributed by atoms with van der Waals surface area (Å²) in [6.45, 7) is 3.39. The average Bonchev–Trinajstić information content (AvgIpc) is 2.71. The van der Waals surface area contributed by atoms with Crippen molar-refractivity contribution in [3.05, 3.63) is 35.6 Å². The van der Waals surface area contributed by atoms with Gasteiger partial charge in [-0.25, -0.2) is 0 Å². The van der Waals surface area contributed by atoms with Gasteiger partial charge >= 0.3 is 5.97 Å². The minimum absolute atomic E-state index is 0.105. The number of hydrogen-bond donors (Lipinski definition) is 2. The summed E-state index contributed by atoms with van der Waals surface area (Å²) in [4.78, 5) is 22.4. The number of aryl methyl sites for hydroxylation is 1. The van der Waals surface area contributed by atoms with Crippen molar-refractivity contribution in [3.63, 3.8) is 0 Å². The van der Waals surface area contributed by atoms with Gasteiger partial charge < -0.3 is 14.8 Å². The van der Waals surface area contributed by atoms with Crippen LogP contribution in [0, 0.1) is 6.92 Å². The second kappa shape index (κ2) is 5.14. The van der Waals surface area contributed by atoms with Crippen LogP contribution in [0.15, 0.2) is 28.9 Å². The highest BCUT2D eigenvalue weighted by Crippen LogP contribution is 2.22. The average molecular weight is 261 g/mol. The fourth-order valence-electron chi connectivity index (χ4n) is 1.86. The number of aliphatic carboxylic acids is 1. The molecule has 0 aliphatic heterocycles. The van der Waals surface area contributed by atoms with E-state index in [-0.39, 0.29) is 12.3 Å². The lowest BCUT2D eigenvalue weighted by molar-refractivity contribution is -0.141. The first kappa shape index (κ1) is 13.1. The molecule has 0 aliphatic carbocycles. The molecule has 100 valence electrons. The maximum atomic E-state index is 11.7. The number of carbonyl (C=O) groups excluding carboxylic acids is 1. The van der Waals surface area contributed by atoms with Gasteiger partial charge in [0.1, 0.15) is 11.6 Å². The van der Waals surface area contributed by atoms with Crippen LogP contribution in [-0.2, 0) is 16.0 Å². The molecule has 19 heavy (non-hydrogen) atoms. The van der Waals surface area contributed by atoms with Gasteiger partial charge in [0.15, 0.2) is 0 Å². The van der Waals surface area contributed by atoms with Gasteiger partial charge in [0.2, 0.25) is 5.91 Å². The topological polar surface area (TPSA) is 79.5 Å². The standard InChI is InChI=1S/C14H15NO4/c1-8-3-4-12-11(5-8)10(7-19-12)6-13(16)15-9(2)14(17)18/h3-5,7,9H,6H2,1-2H3,(H,15,16)(H,17,18). The lowest BCUT2D eigenvalue weighted by Crippen LogP contribution is -2.39. The van der Waals surface area contributed by atoms with Crippen LogP contribution < -0.4 is 5.32 Å². The lowest BCUT2D eigenvalue weighted by Gasteiger charge is -2.08. The fourth-order valence-corrected chi connectivity index (χ4v) is 1.86. The summed E-state index contributed by atoms with van der Waals surface area (Å²) in [6, 6.07) is 4.84. The van der Waals surface area contributed by atoms with Crippen LogP contribution >= 0.6 is 0 Å². The molecule has 1 unspecified atom stereocenters. The fraction of sp³-hybridized carbons (Fsp3) is 0.286. The van der Waals surface area contributed by atoms with Gasteiger partial charge in [-0.15, -0.1) is 0 Å². The van der Waals surface area contributed by atoms with Gasteiger partial charge in [-0.1, -0.05) is 11.6 Å². The summed E-state index contributed by atoms with van der Waals surface area (Å²) < 4.78 is 5.36. The normalized spacial score (nSPS) is 12.3. The third-order valence-corrected chi connectivity index (χ3v) is 2.91. The quantitative estimate of drug-likeness (QED) is 0.880. The second-order valence-electron chi connectivity index (χ2n) is 4.56. The summed E-state index contributed by atoms with van der Waals surface area (Å²) in [5.41, 5.74) is 2.56. The van der Waals surface area contributed by atoms with Gasteiger partial charge in [0.05, 0.1) is 12.7 Å². The minimum Gasteiger partial charge on any atom is -0.480 e. The highest BCUT2D eigenvalue weighted by Gasteiger charge is 2.16. The Bertz CT molecular complexity index is 629. The van der Waals surface area contributed by atoms with E-state index in [4.69, 9.17) is 9.52 Å². The van der Waals surface area contributed by atoms with Crippen molar-refractivity contribution in [2.75, 3.05) is 0 Å². The molecule has 0 radical (unpaired) electrons. The molecule has 2 aromatic rings. The number of amides is 1. The van der Waals surface area contributed by atoms with E-state index in [1.807, 2.05) is 25.1 Å². The molecule has 0 saturated carbocycles. The first-order valence-electron chi connectivity index (χ1n) is 5.96. The van der Waals surface area contributed by atoms with Gasteiger partial charge in [-0.3, -0.25) is 9.59 Å². The Morgan fingerprint density at radius 3 is 2.84 bits per heavy atom. The maximum Gasteiger partial charge on any atom is 0.325 e. The molecule has 0 saturated heterocycles. The molecule has 1 atom stereocenters. The molecule has 5 heteroatoms. The Hall–Kier alpha value is -2.30. The molecular formula is C14H15NO4. The number of carboxylic acids is 1. The molecule has 0 fully saturated rings. The van der Waals surface area contributed by atoms with Crippen molar-refractivity contribution in [3.8, 4) is 0 Å². The monoisotopic (exact) mass is 261 g/mol. The van der Waals surface area contributed by atoms with Crippen molar-refractivity contribution in [1.29, 1.82) is 0 Å². The first-order chi connectivity index (χ1) is 8.97. The van der Waals surface area contributed by atoms with Crippen molar-refractivity contribution < 1.29 is 19.1 Å². The molecular weight excluding hydrogens is 246 g/mol. The number of rotatable bonds is 4. The molecule has 1 amide bonds. The van der Waals surface area contributed by atoms with Crippen LogP contribution in [0.25, 0.3) is 11.0 Å². The number of carboxylic acid groups (broad SMARTS) is 1. The zero-order valence-corrected chi connectivity index (χ0v) is 10.8. The summed E-state index contributed by atoms with van der Waals surface area (Å²) in [5, 5.41) is 12.0. The molecule has 0 bridgehead atoms. The second-order valence-corrected chi connectivity index (χ2v) is 4.56. The van der Waals surface area contributed by atoms with Crippen molar-refractivity contribution in [2.45, 2.75) is 26.3 Å². The van der Waals surface area contributed by atoms with Gasteiger partial charge in [-0.2, -0.15) is 0 Å². The summed E-state index contributed by atoms with van der Waals surface area (Å²) in [7, 11) is 0. The maximum absolute atomic E-state index is 11.7. The summed E-state index contributed by atoms with van der Waals surface area (Å²) in [6.07, 6.45) is 1.64. The lowest BCUT2D eigenvalue weighted by atomic mass is 10.1. The van der Waals surface area contributed by atoms with E-state index in [1.165, 1.54) is 13.2 Å². The SMILES string of the molecule is Cc1ccc2occ(CC(=O)NC(C)C(=O)O)c2c1. The Morgan fingerprint density at radius 2 is 2.16 bits per heavy atom.